The van der Waals surface area contributed by atoms with E-state index in [0.717, 1.165) is 21.7 Å². The number of imide groups is 2. The van der Waals surface area contributed by atoms with Crippen molar-refractivity contribution in [2.75, 3.05) is 0 Å². The van der Waals surface area contributed by atoms with Crippen LogP contribution in [0.25, 0.3) is 0 Å². The first-order valence-corrected chi connectivity index (χ1v) is 14.2. The summed E-state index contributed by atoms with van der Waals surface area (Å²) in [7, 11) is -1.16. The molecule has 2 aliphatic rings. The molecule has 2 aliphatic heterocycles. The number of halogens is 1. The number of benzene rings is 4. The lowest BCUT2D eigenvalue weighted by atomic mass is 10.1. The summed E-state index contributed by atoms with van der Waals surface area (Å²) in [5.74, 6) is -1.13. The van der Waals surface area contributed by atoms with Gasteiger partial charge in [0.15, 0.2) is 0 Å². The Morgan fingerprint density at radius 1 is 0.474 bits per heavy atom. The number of rotatable bonds is 6. The molecule has 2 heterocycles. The molecule has 4 amide bonds. The molecule has 4 aromatic rings. The molecular formula is C30H20ClN2O4P. The first-order valence-electron chi connectivity index (χ1n) is 12.0. The van der Waals surface area contributed by atoms with Crippen molar-refractivity contribution in [2.45, 2.75) is 13.1 Å². The van der Waals surface area contributed by atoms with Gasteiger partial charge in [-0.1, -0.05) is 84.0 Å². The van der Waals surface area contributed by atoms with E-state index in [-0.39, 0.29) is 36.7 Å². The summed E-state index contributed by atoms with van der Waals surface area (Å²) in [6.45, 7) is 0.388. The van der Waals surface area contributed by atoms with Crippen LogP contribution in [0.3, 0.4) is 0 Å². The van der Waals surface area contributed by atoms with Crippen LogP contribution in [0.15, 0.2) is 97.1 Å². The molecule has 38 heavy (non-hydrogen) atoms. The molecule has 0 fully saturated rings. The molecule has 0 bridgehead atoms. The summed E-state index contributed by atoms with van der Waals surface area (Å²) in [4.78, 5) is 53.1. The van der Waals surface area contributed by atoms with Gasteiger partial charge in [-0.05, 0) is 46.0 Å². The monoisotopic (exact) mass is 538 g/mol. The van der Waals surface area contributed by atoms with Crippen LogP contribution in [0.2, 0.25) is 0 Å². The molecule has 0 saturated heterocycles. The minimum absolute atomic E-state index is 0.194. The number of carbonyl (C=O) groups is 4. The van der Waals surface area contributed by atoms with E-state index in [0.29, 0.717) is 22.3 Å². The largest absolute Gasteiger partial charge is 0.270 e. The summed E-state index contributed by atoms with van der Waals surface area (Å²) >= 11 is 6.82. The van der Waals surface area contributed by atoms with Gasteiger partial charge in [-0.3, -0.25) is 29.0 Å². The number of hydrogen-bond donors (Lipinski definition) is 0. The van der Waals surface area contributed by atoms with E-state index >= 15 is 0 Å². The van der Waals surface area contributed by atoms with Gasteiger partial charge in [0.2, 0.25) is 0 Å². The Balaban J connectivity index is 1.12. The number of fused-ring (bicyclic) bond motifs is 2. The molecule has 0 spiro atoms. The SMILES string of the molecule is O=C1c2ccccc2C(=O)N1Cc1ccc(P(Cl)c2ccc(CN3C(=O)c4ccccc4C3=O)cc2)cc1. The Morgan fingerprint density at radius 3 is 1.05 bits per heavy atom. The van der Waals surface area contributed by atoms with Crippen LogP contribution in [0, 0.1) is 0 Å². The molecule has 0 unspecified atom stereocenters. The second-order valence-electron chi connectivity index (χ2n) is 9.10. The number of carbonyl (C=O) groups excluding carboxylic acids is 4. The fourth-order valence-corrected chi connectivity index (χ4v) is 6.54. The maximum atomic E-state index is 12.6. The van der Waals surface area contributed by atoms with Gasteiger partial charge in [0.25, 0.3) is 23.6 Å². The Hall–Kier alpha value is -4.12. The van der Waals surface area contributed by atoms with Crippen LogP contribution >= 0.6 is 18.5 Å². The van der Waals surface area contributed by atoms with Crippen molar-refractivity contribution in [3.05, 3.63) is 130 Å². The van der Waals surface area contributed by atoms with Crippen molar-refractivity contribution in [3.63, 3.8) is 0 Å². The van der Waals surface area contributed by atoms with Crippen LogP contribution in [0.1, 0.15) is 52.6 Å². The van der Waals surface area contributed by atoms with E-state index in [9.17, 15) is 19.2 Å². The van der Waals surface area contributed by atoms with E-state index < -0.39 is 7.27 Å². The molecule has 186 valence electrons. The minimum atomic E-state index is -1.16. The molecule has 6 nitrogen and oxygen atoms in total. The zero-order chi connectivity index (χ0) is 26.4. The van der Waals surface area contributed by atoms with Crippen LogP contribution in [0.4, 0.5) is 0 Å². The predicted octanol–water partition coefficient (Wildman–Crippen LogP) is 4.87. The van der Waals surface area contributed by atoms with Crippen molar-refractivity contribution in [2.24, 2.45) is 0 Å². The van der Waals surface area contributed by atoms with Gasteiger partial charge in [0.1, 0.15) is 0 Å². The van der Waals surface area contributed by atoms with Gasteiger partial charge < -0.3 is 0 Å². The van der Waals surface area contributed by atoms with Crippen LogP contribution in [-0.4, -0.2) is 33.4 Å². The fourth-order valence-electron chi connectivity index (χ4n) is 4.74. The highest BCUT2D eigenvalue weighted by Crippen LogP contribution is 2.39. The zero-order valence-electron chi connectivity index (χ0n) is 20.0. The molecule has 0 aromatic heterocycles. The van der Waals surface area contributed by atoms with Gasteiger partial charge in [-0.2, -0.15) is 0 Å². The lowest BCUT2D eigenvalue weighted by molar-refractivity contribution is 0.0627. The van der Waals surface area contributed by atoms with Crippen molar-refractivity contribution >= 4 is 52.8 Å². The first-order chi connectivity index (χ1) is 18.4. The molecular weight excluding hydrogens is 519 g/mol. The average Bonchev–Trinajstić information content (AvgIpc) is 3.34. The van der Waals surface area contributed by atoms with Gasteiger partial charge in [-0.15, -0.1) is 0 Å². The van der Waals surface area contributed by atoms with Crippen molar-refractivity contribution < 1.29 is 19.2 Å². The Bertz CT molecular complexity index is 1430. The standard InChI is InChI=1S/C30H20ClN2O4P/c31-38(21-13-9-19(10-14-21)17-32-27(34)23-5-1-2-6-24(23)28(32)35)22-15-11-20(12-16-22)18-33-29(36)25-7-3-4-8-26(25)30(33)37/h1-16H,17-18H2. The molecule has 0 aliphatic carbocycles. The topological polar surface area (TPSA) is 74.8 Å². The van der Waals surface area contributed by atoms with Crippen LogP contribution in [-0.2, 0) is 13.1 Å². The lowest BCUT2D eigenvalue weighted by Crippen LogP contribution is -2.29. The van der Waals surface area contributed by atoms with E-state index in [1.54, 1.807) is 48.5 Å². The van der Waals surface area contributed by atoms with Crippen molar-refractivity contribution in [1.82, 2.24) is 9.80 Å². The molecule has 8 heteroatoms. The zero-order valence-corrected chi connectivity index (χ0v) is 21.7. The second kappa shape index (κ2) is 9.64. The third kappa shape index (κ3) is 4.12. The second-order valence-corrected chi connectivity index (χ2v) is 11.7. The van der Waals surface area contributed by atoms with Crippen LogP contribution in [0.5, 0.6) is 0 Å². The van der Waals surface area contributed by atoms with E-state index in [1.807, 2.05) is 48.5 Å². The summed E-state index contributed by atoms with van der Waals surface area (Å²) in [6.07, 6.45) is 0. The highest BCUT2D eigenvalue weighted by molar-refractivity contribution is 7.95. The van der Waals surface area contributed by atoms with Gasteiger partial charge in [0, 0.05) is 0 Å². The smallest absolute Gasteiger partial charge is 0.261 e. The maximum absolute atomic E-state index is 12.6. The quantitative estimate of drug-likeness (QED) is 0.259. The number of amides is 4. The van der Waals surface area contributed by atoms with E-state index in [4.69, 9.17) is 11.2 Å². The molecule has 0 radical (unpaired) electrons. The first kappa shape index (κ1) is 24.2. The molecule has 0 atom stereocenters. The molecule has 6 rings (SSSR count). The van der Waals surface area contributed by atoms with Crippen molar-refractivity contribution in [3.8, 4) is 0 Å². The molecule has 0 saturated carbocycles. The minimum Gasteiger partial charge on any atom is -0.270 e. The average molecular weight is 539 g/mol. The fraction of sp³-hybridized carbons (Fsp3) is 0.0667. The predicted molar refractivity (Wildman–Crippen MR) is 146 cm³/mol. The third-order valence-corrected chi connectivity index (χ3v) is 9.44. The molecule has 0 N–H and O–H groups in total. The Labute approximate surface area is 225 Å². The van der Waals surface area contributed by atoms with E-state index in [2.05, 4.69) is 0 Å². The summed E-state index contributed by atoms with van der Waals surface area (Å²) in [5.41, 5.74) is 3.41. The Morgan fingerprint density at radius 2 is 0.763 bits per heavy atom. The number of nitrogens with zero attached hydrogens (tertiary/aromatic N) is 2. The van der Waals surface area contributed by atoms with Crippen molar-refractivity contribution in [1.29, 1.82) is 0 Å². The third-order valence-electron chi connectivity index (χ3n) is 6.76. The maximum Gasteiger partial charge on any atom is 0.261 e. The van der Waals surface area contributed by atoms with Gasteiger partial charge >= 0.3 is 0 Å². The Kier molecular flexibility index (Phi) is 6.15. The lowest BCUT2D eigenvalue weighted by Gasteiger charge is -2.16. The number of hydrogen-bond acceptors (Lipinski definition) is 4. The molecule has 4 aromatic carbocycles. The van der Waals surface area contributed by atoms with Crippen LogP contribution < -0.4 is 10.6 Å². The van der Waals surface area contributed by atoms with E-state index in [1.165, 1.54) is 9.80 Å². The summed E-state index contributed by atoms with van der Waals surface area (Å²) in [5, 5.41) is 1.86. The van der Waals surface area contributed by atoms with Gasteiger partial charge in [-0.25, -0.2) is 0 Å². The summed E-state index contributed by atoms with van der Waals surface area (Å²) in [6, 6.07) is 28.9. The normalized spacial score (nSPS) is 14.5. The summed E-state index contributed by atoms with van der Waals surface area (Å²) < 4.78 is 0. The highest BCUT2D eigenvalue weighted by Gasteiger charge is 2.36. The van der Waals surface area contributed by atoms with Gasteiger partial charge in [0.05, 0.1) is 42.6 Å². The highest BCUT2D eigenvalue weighted by atomic mass is 35.7.